The zero-order valence-electron chi connectivity index (χ0n) is 12.0. The molecule has 0 bridgehead atoms. The van der Waals surface area contributed by atoms with E-state index in [0.29, 0.717) is 0 Å². The van der Waals surface area contributed by atoms with Crippen molar-refractivity contribution in [3.8, 4) is 5.69 Å². The second-order valence-corrected chi connectivity index (χ2v) is 5.72. The molecule has 110 valence electrons. The Bertz CT molecular complexity index is 601. The van der Waals surface area contributed by atoms with E-state index in [9.17, 15) is 4.79 Å². The molecule has 1 unspecified atom stereocenters. The summed E-state index contributed by atoms with van der Waals surface area (Å²) < 4.78 is 1.97. The molecule has 1 aromatic carbocycles. The molecule has 1 N–H and O–H groups in total. The average Bonchev–Trinajstić information content (AvgIpc) is 2.96. The van der Waals surface area contributed by atoms with Crippen LogP contribution in [0.4, 0.5) is 0 Å². The fourth-order valence-corrected chi connectivity index (χ4v) is 2.70. The summed E-state index contributed by atoms with van der Waals surface area (Å²) in [6.45, 7) is 4.42. The lowest BCUT2D eigenvalue weighted by atomic mass is 9.87. The van der Waals surface area contributed by atoms with Gasteiger partial charge in [0.05, 0.1) is 12.2 Å². The zero-order chi connectivity index (χ0) is 14.8. The number of carboxylic acid groups (broad SMARTS) is 1. The van der Waals surface area contributed by atoms with Gasteiger partial charge in [0, 0.05) is 37.7 Å². The number of benzene rings is 1. The van der Waals surface area contributed by atoms with Crippen LogP contribution in [0.1, 0.15) is 12.5 Å². The van der Waals surface area contributed by atoms with E-state index in [1.54, 1.807) is 19.4 Å². The van der Waals surface area contributed by atoms with Gasteiger partial charge >= 0.3 is 5.97 Å². The van der Waals surface area contributed by atoms with Crippen molar-refractivity contribution in [2.75, 3.05) is 13.1 Å². The molecule has 21 heavy (non-hydrogen) atoms. The first-order valence-electron chi connectivity index (χ1n) is 7.16. The minimum absolute atomic E-state index is 0.245. The molecule has 2 heterocycles. The van der Waals surface area contributed by atoms with E-state index in [-0.39, 0.29) is 11.8 Å². The number of imidazole rings is 1. The largest absolute Gasteiger partial charge is 0.481 e. The maximum absolute atomic E-state index is 10.9. The van der Waals surface area contributed by atoms with Gasteiger partial charge in [-0.05, 0) is 23.6 Å². The average molecular weight is 285 g/mol. The lowest BCUT2D eigenvalue weighted by Gasteiger charge is -2.41. The summed E-state index contributed by atoms with van der Waals surface area (Å²) in [7, 11) is 0. The predicted octanol–water partition coefficient (Wildman–Crippen LogP) is 2.02. The highest BCUT2D eigenvalue weighted by atomic mass is 16.4. The predicted molar refractivity (Wildman–Crippen MR) is 79.1 cm³/mol. The Labute approximate surface area is 123 Å². The Balaban J connectivity index is 1.54. The van der Waals surface area contributed by atoms with Crippen LogP contribution in [0.3, 0.4) is 0 Å². The molecular weight excluding hydrogens is 266 g/mol. The van der Waals surface area contributed by atoms with Gasteiger partial charge in [0.25, 0.3) is 0 Å². The molecule has 0 saturated carbocycles. The molecule has 0 amide bonds. The summed E-state index contributed by atoms with van der Waals surface area (Å²) in [6, 6.07) is 8.38. The number of carbonyl (C=O) groups is 1. The molecule has 1 atom stereocenters. The Morgan fingerprint density at radius 2 is 2.10 bits per heavy atom. The van der Waals surface area contributed by atoms with E-state index in [1.807, 2.05) is 10.8 Å². The van der Waals surface area contributed by atoms with Gasteiger partial charge in [0.15, 0.2) is 0 Å². The summed E-state index contributed by atoms with van der Waals surface area (Å²) >= 11 is 0. The molecule has 0 radical (unpaired) electrons. The van der Waals surface area contributed by atoms with E-state index < -0.39 is 5.97 Å². The van der Waals surface area contributed by atoms with Gasteiger partial charge in [-0.2, -0.15) is 0 Å². The summed E-state index contributed by atoms with van der Waals surface area (Å²) in [6.07, 6.45) is 5.46. The summed E-state index contributed by atoms with van der Waals surface area (Å²) in [4.78, 5) is 17.2. The van der Waals surface area contributed by atoms with Gasteiger partial charge in [-0.1, -0.05) is 19.1 Å². The number of hydrogen-bond donors (Lipinski definition) is 1. The van der Waals surface area contributed by atoms with Crippen LogP contribution in [0.25, 0.3) is 5.69 Å². The number of nitrogens with zero attached hydrogens (tertiary/aromatic N) is 3. The van der Waals surface area contributed by atoms with Gasteiger partial charge in [-0.3, -0.25) is 9.69 Å². The number of hydrogen-bond acceptors (Lipinski definition) is 3. The summed E-state index contributed by atoms with van der Waals surface area (Å²) in [5, 5.41) is 8.99. The van der Waals surface area contributed by atoms with Gasteiger partial charge in [-0.25, -0.2) is 4.98 Å². The molecule has 0 aliphatic carbocycles. The maximum Gasteiger partial charge on any atom is 0.306 e. The fraction of sp³-hybridized carbons (Fsp3) is 0.375. The summed E-state index contributed by atoms with van der Waals surface area (Å²) in [5.74, 6) is -0.651. The topological polar surface area (TPSA) is 58.4 Å². The van der Waals surface area contributed by atoms with E-state index in [4.69, 9.17) is 5.11 Å². The molecular formula is C16H19N3O2. The van der Waals surface area contributed by atoms with Crippen LogP contribution in [0.5, 0.6) is 0 Å². The minimum atomic E-state index is -0.690. The first-order chi connectivity index (χ1) is 10.1. The van der Waals surface area contributed by atoms with Crippen molar-refractivity contribution >= 4 is 5.97 Å². The van der Waals surface area contributed by atoms with Gasteiger partial charge in [0.1, 0.15) is 0 Å². The van der Waals surface area contributed by atoms with E-state index in [0.717, 1.165) is 25.3 Å². The van der Waals surface area contributed by atoms with E-state index in [1.165, 1.54) is 5.56 Å². The third kappa shape index (κ3) is 2.97. The van der Waals surface area contributed by atoms with Gasteiger partial charge < -0.3 is 9.67 Å². The maximum atomic E-state index is 10.9. The number of rotatable bonds is 5. The molecule has 3 rings (SSSR count). The molecule has 5 heteroatoms. The first kappa shape index (κ1) is 13.8. The standard InChI is InChI=1S/C16H19N3O2/c1-12(16(20)21)14-9-18(10-14)8-13-2-4-15(5-3-13)19-7-6-17-11-19/h2-7,11-12,14H,8-10H2,1H3,(H,20,21). The molecule has 2 aromatic rings. The molecule has 1 aromatic heterocycles. The van der Waals surface area contributed by atoms with Crippen LogP contribution in [-0.4, -0.2) is 38.6 Å². The van der Waals surface area contributed by atoms with Crippen LogP contribution >= 0.6 is 0 Å². The van der Waals surface area contributed by atoms with Crippen molar-refractivity contribution in [2.24, 2.45) is 11.8 Å². The Morgan fingerprint density at radius 3 is 2.67 bits per heavy atom. The van der Waals surface area contributed by atoms with Crippen molar-refractivity contribution < 1.29 is 9.90 Å². The minimum Gasteiger partial charge on any atom is -0.481 e. The highest BCUT2D eigenvalue weighted by Crippen LogP contribution is 2.25. The van der Waals surface area contributed by atoms with Gasteiger partial charge in [0.2, 0.25) is 0 Å². The zero-order valence-corrected chi connectivity index (χ0v) is 12.0. The van der Waals surface area contributed by atoms with Crippen LogP contribution in [0, 0.1) is 11.8 Å². The van der Waals surface area contributed by atoms with Crippen molar-refractivity contribution in [1.29, 1.82) is 0 Å². The number of likely N-dealkylation sites (tertiary alicyclic amines) is 1. The van der Waals surface area contributed by atoms with Crippen molar-refractivity contribution in [3.05, 3.63) is 48.5 Å². The molecule has 1 aliphatic heterocycles. The molecule has 0 spiro atoms. The highest BCUT2D eigenvalue weighted by molar-refractivity contribution is 5.70. The normalized spacial score (nSPS) is 17.4. The molecule has 1 saturated heterocycles. The van der Waals surface area contributed by atoms with Crippen LogP contribution in [-0.2, 0) is 11.3 Å². The van der Waals surface area contributed by atoms with Crippen molar-refractivity contribution in [2.45, 2.75) is 13.5 Å². The quantitative estimate of drug-likeness (QED) is 0.913. The van der Waals surface area contributed by atoms with Crippen LogP contribution < -0.4 is 0 Å². The number of aromatic nitrogens is 2. The van der Waals surface area contributed by atoms with Crippen molar-refractivity contribution in [1.82, 2.24) is 14.5 Å². The number of aliphatic carboxylic acids is 1. The van der Waals surface area contributed by atoms with Crippen LogP contribution in [0.2, 0.25) is 0 Å². The first-order valence-corrected chi connectivity index (χ1v) is 7.16. The summed E-state index contributed by atoms with van der Waals surface area (Å²) in [5.41, 5.74) is 2.34. The molecule has 5 nitrogen and oxygen atoms in total. The Morgan fingerprint density at radius 1 is 1.38 bits per heavy atom. The fourth-order valence-electron chi connectivity index (χ4n) is 2.70. The third-order valence-corrected chi connectivity index (χ3v) is 4.23. The third-order valence-electron chi connectivity index (χ3n) is 4.23. The van der Waals surface area contributed by atoms with E-state index in [2.05, 4.69) is 34.1 Å². The molecule has 1 fully saturated rings. The lowest BCUT2D eigenvalue weighted by molar-refractivity contribution is -0.145. The number of carboxylic acids is 1. The van der Waals surface area contributed by atoms with Gasteiger partial charge in [-0.15, -0.1) is 0 Å². The SMILES string of the molecule is CC(C(=O)O)C1CN(Cc2ccc(-n3ccnc3)cc2)C1. The molecule has 1 aliphatic rings. The Hall–Kier alpha value is -2.14. The second-order valence-electron chi connectivity index (χ2n) is 5.72. The second kappa shape index (κ2) is 5.69. The lowest BCUT2D eigenvalue weighted by Crippen LogP contribution is -2.50. The smallest absolute Gasteiger partial charge is 0.306 e. The monoisotopic (exact) mass is 285 g/mol. The van der Waals surface area contributed by atoms with E-state index >= 15 is 0 Å². The van der Waals surface area contributed by atoms with Crippen molar-refractivity contribution in [3.63, 3.8) is 0 Å². The van der Waals surface area contributed by atoms with Crippen LogP contribution in [0.15, 0.2) is 43.0 Å². The highest BCUT2D eigenvalue weighted by Gasteiger charge is 2.34. The Kier molecular flexibility index (Phi) is 3.75.